The second-order valence-corrected chi connectivity index (χ2v) is 7.94. The average molecular weight is 361 g/mol. The minimum atomic E-state index is -3.65. The fourth-order valence-corrected chi connectivity index (χ4v) is 4.44. The maximum absolute atomic E-state index is 12.9. The Morgan fingerprint density at radius 1 is 1.16 bits per heavy atom. The Balaban J connectivity index is 1.83. The number of rotatable bonds is 5. The van der Waals surface area contributed by atoms with Crippen molar-refractivity contribution in [2.45, 2.75) is 30.8 Å². The molecular weight excluding hydrogens is 338 g/mol. The number of aromatic nitrogens is 1. The number of piperidine rings is 1. The summed E-state index contributed by atoms with van der Waals surface area (Å²) in [6, 6.07) is 12.4. The fraction of sp³-hybridized carbons (Fsp3) is 0.389. The van der Waals surface area contributed by atoms with Crippen LogP contribution in [0.2, 0.25) is 0 Å². The lowest BCUT2D eigenvalue weighted by Gasteiger charge is -2.30. The van der Waals surface area contributed by atoms with E-state index in [0.717, 1.165) is 18.9 Å². The summed E-state index contributed by atoms with van der Waals surface area (Å²) in [4.78, 5) is 6.59. The minimum Gasteiger partial charge on any atom is -0.393 e. The molecule has 0 saturated carbocycles. The van der Waals surface area contributed by atoms with Gasteiger partial charge in [-0.25, -0.2) is 13.4 Å². The molecule has 2 aromatic rings. The topological polar surface area (TPSA) is 73.7 Å². The summed E-state index contributed by atoms with van der Waals surface area (Å²) in [5.74, 6) is 0.744. The molecule has 0 spiro atoms. The predicted molar refractivity (Wildman–Crippen MR) is 98.3 cm³/mol. The van der Waals surface area contributed by atoms with Crippen molar-refractivity contribution in [3.63, 3.8) is 0 Å². The standard InChI is InChI=1S/C18H23N3O3S/c1-2-21(15-6-4-3-5-7-15)25(23,24)17-8-9-18(19-14-17)20-12-10-16(22)11-13-20/h3-9,14,16,22H,2,10-13H2,1H3. The van der Waals surface area contributed by atoms with Crippen molar-refractivity contribution < 1.29 is 13.5 Å². The number of pyridine rings is 1. The highest BCUT2D eigenvalue weighted by molar-refractivity contribution is 7.92. The summed E-state index contributed by atoms with van der Waals surface area (Å²) in [6.07, 6.45) is 2.58. The number of hydrogen-bond donors (Lipinski definition) is 1. The van der Waals surface area contributed by atoms with Crippen LogP contribution < -0.4 is 9.21 Å². The van der Waals surface area contributed by atoms with Gasteiger partial charge in [0, 0.05) is 25.8 Å². The van der Waals surface area contributed by atoms with Gasteiger partial charge in [0.2, 0.25) is 0 Å². The number of hydrogen-bond acceptors (Lipinski definition) is 5. The van der Waals surface area contributed by atoms with Crippen molar-refractivity contribution in [1.29, 1.82) is 0 Å². The Bertz CT molecular complexity index is 786. The Hall–Kier alpha value is -2.12. The quantitative estimate of drug-likeness (QED) is 0.884. The van der Waals surface area contributed by atoms with Gasteiger partial charge in [-0.15, -0.1) is 0 Å². The average Bonchev–Trinajstić information content (AvgIpc) is 2.64. The molecular formula is C18H23N3O3S. The van der Waals surface area contributed by atoms with Gasteiger partial charge in [-0.2, -0.15) is 0 Å². The fourth-order valence-electron chi connectivity index (χ4n) is 3.02. The first-order valence-corrected chi connectivity index (χ1v) is 9.93. The lowest BCUT2D eigenvalue weighted by molar-refractivity contribution is 0.145. The summed E-state index contributed by atoms with van der Waals surface area (Å²) in [5, 5.41) is 9.59. The van der Waals surface area contributed by atoms with Gasteiger partial charge in [0.05, 0.1) is 11.8 Å². The maximum Gasteiger partial charge on any atom is 0.265 e. The lowest BCUT2D eigenvalue weighted by atomic mass is 10.1. The van der Waals surface area contributed by atoms with E-state index < -0.39 is 10.0 Å². The molecule has 0 unspecified atom stereocenters. The van der Waals surface area contributed by atoms with Gasteiger partial charge in [0.15, 0.2) is 0 Å². The van der Waals surface area contributed by atoms with Gasteiger partial charge < -0.3 is 10.0 Å². The number of aliphatic hydroxyl groups is 1. The van der Waals surface area contributed by atoms with Crippen molar-refractivity contribution >= 4 is 21.5 Å². The Morgan fingerprint density at radius 3 is 2.40 bits per heavy atom. The van der Waals surface area contributed by atoms with Gasteiger partial charge in [0.25, 0.3) is 10.0 Å². The van der Waals surface area contributed by atoms with Crippen molar-refractivity contribution in [2.75, 3.05) is 28.8 Å². The van der Waals surface area contributed by atoms with E-state index in [9.17, 15) is 13.5 Å². The molecule has 1 fully saturated rings. The van der Waals surface area contributed by atoms with E-state index in [-0.39, 0.29) is 11.0 Å². The summed E-state index contributed by atoms with van der Waals surface area (Å²) in [7, 11) is -3.65. The van der Waals surface area contributed by atoms with Gasteiger partial charge in [0.1, 0.15) is 10.7 Å². The third-order valence-electron chi connectivity index (χ3n) is 4.43. The summed E-state index contributed by atoms with van der Waals surface area (Å²) in [6.45, 7) is 3.61. The SMILES string of the molecule is CCN(c1ccccc1)S(=O)(=O)c1ccc(N2CCC(O)CC2)nc1. The summed E-state index contributed by atoms with van der Waals surface area (Å²) in [5.41, 5.74) is 0.638. The summed E-state index contributed by atoms with van der Waals surface area (Å²) >= 11 is 0. The molecule has 0 amide bonds. The third-order valence-corrected chi connectivity index (χ3v) is 6.32. The van der Waals surface area contributed by atoms with Gasteiger partial charge in [-0.05, 0) is 44.0 Å². The molecule has 0 bridgehead atoms. The largest absolute Gasteiger partial charge is 0.393 e. The van der Waals surface area contributed by atoms with Crippen molar-refractivity contribution in [3.05, 3.63) is 48.7 Å². The molecule has 25 heavy (non-hydrogen) atoms. The van der Waals surface area contributed by atoms with E-state index >= 15 is 0 Å². The highest BCUT2D eigenvalue weighted by Gasteiger charge is 2.24. The zero-order valence-electron chi connectivity index (χ0n) is 14.2. The monoisotopic (exact) mass is 361 g/mol. The van der Waals surface area contributed by atoms with E-state index in [2.05, 4.69) is 9.88 Å². The highest BCUT2D eigenvalue weighted by Crippen LogP contribution is 2.24. The number of nitrogens with zero attached hydrogens (tertiary/aromatic N) is 3. The molecule has 2 heterocycles. The molecule has 1 aromatic carbocycles. The molecule has 1 N–H and O–H groups in total. The Kier molecular flexibility index (Phi) is 5.24. The molecule has 7 heteroatoms. The second-order valence-electron chi connectivity index (χ2n) is 6.08. The van der Waals surface area contributed by atoms with Crippen LogP contribution in [-0.2, 0) is 10.0 Å². The molecule has 1 aliphatic heterocycles. The highest BCUT2D eigenvalue weighted by atomic mass is 32.2. The molecule has 0 radical (unpaired) electrons. The first-order chi connectivity index (χ1) is 12.0. The Labute approximate surface area is 148 Å². The lowest BCUT2D eigenvalue weighted by Crippen LogP contribution is -2.36. The third kappa shape index (κ3) is 3.77. The molecule has 1 saturated heterocycles. The predicted octanol–water partition coefficient (Wildman–Crippen LogP) is 2.26. The van der Waals surface area contributed by atoms with E-state index in [1.165, 1.54) is 10.5 Å². The molecule has 1 aromatic heterocycles. The van der Waals surface area contributed by atoms with Crippen molar-refractivity contribution in [1.82, 2.24) is 4.98 Å². The molecule has 1 aliphatic rings. The van der Waals surface area contributed by atoms with Crippen LogP contribution in [0.15, 0.2) is 53.6 Å². The minimum absolute atomic E-state index is 0.180. The zero-order valence-corrected chi connectivity index (χ0v) is 15.1. The van der Waals surface area contributed by atoms with Crippen LogP contribution in [0.3, 0.4) is 0 Å². The van der Waals surface area contributed by atoms with Gasteiger partial charge in [-0.1, -0.05) is 18.2 Å². The van der Waals surface area contributed by atoms with E-state index in [4.69, 9.17) is 0 Å². The van der Waals surface area contributed by atoms with Gasteiger partial charge >= 0.3 is 0 Å². The first-order valence-electron chi connectivity index (χ1n) is 8.49. The number of benzene rings is 1. The number of aliphatic hydroxyl groups excluding tert-OH is 1. The smallest absolute Gasteiger partial charge is 0.265 e. The van der Waals surface area contributed by atoms with Crippen LogP contribution in [-0.4, -0.2) is 44.2 Å². The number of para-hydroxylation sites is 1. The van der Waals surface area contributed by atoms with Crippen LogP contribution in [0.5, 0.6) is 0 Å². The second kappa shape index (κ2) is 7.41. The van der Waals surface area contributed by atoms with Crippen LogP contribution in [0.4, 0.5) is 11.5 Å². The van der Waals surface area contributed by atoms with Crippen LogP contribution in [0, 0.1) is 0 Å². The molecule has 0 aliphatic carbocycles. The zero-order chi connectivity index (χ0) is 17.9. The molecule has 0 atom stereocenters. The van der Waals surface area contributed by atoms with Crippen molar-refractivity contribution in [2.24, 2.45) is 0 Å². The molecule has 3 rings (SSSR count). The van der Waals surface area contributed by atoms with E-state index in [1.807, 2.05) is 25.1 Å². The molecule has 134 valence electrons. The Morgan fingerprint density at radius 2 is 1.84 bits per heavy atom. The first kappa shape index (κ1) is 17.7. The van der Waals surface area contributed by atoms with Gasteiger partial charge in [-0.3, -0.25) is 4.31 Å². The van der Waals surface area contributed by atoms with Crippen LogP contribution in [0.25, 0.3) is 0 Å². The van der Waals surface area contributed by atoms with E-state index in [1.54, 1.807) is 24.3 Å². The number of sulfonamides is 1. The number of anilines is 2. The van der Waals surface area contributed by atoms with E-state index in [0.29, 0.717) is 25.1 Å². The van der Waals surface area contributed by atoms with Crippen molar-refractivity contribution in [3.8, 4) is 0 Å². The van der Waals surface area contributed by atoms with Crippen LogP contribution in [0.1, 0.15) is 19.8 Å². The summed E-state index contributed by atoms with van der Waals surface area (Å²) < 4.78 is 27.2. The normalized spacial score (nSPS) is 16.0. The molecule has 6 nitrogen and oxygen atoms in total. The maximum atomic E-state index is 12.9. The van der Waals surface area contributed by atoms with Crippen LogP contribution >= 0.6 is 0 Å².